The topological polar surface area (TPSA) is 40.5 Å². The monoisotopic (exact) mass is 222 g/mol. The Morgan fingerprint density at radius 2 is 2.00 bits per heavy atom. The number of halogens is 3. The number of aliphatic hydroxyl groups excluding tert-OH is 2. The maximum Gasteiger partial charge on any atom is 0.150 e. The predicted octanol–water partition coefficient (Wildman–Crippen LogP) is 2.03. The number of aliphatic hydroxyl groups is 2. The Morgan fingerprint density at radius 1 is 1.36 bits per heavy atom. The summed E-state index contributed by atoms with van der Waals surface area (Å²) in [5, 5.41) is 17.6. The van der Waals surface area contributed by atoms with Crippen LogP contribution in [-0.2, 0) is 0 Å². The van der Waals surface area contributed by atoms with E-state index in [-0.39, 0.29) is 18.1 Å². The van der Waals surface area contributed by atoms with Crippen LogP contribution in [0.3, 0.4) is 0 Å². The SMILES string of the molecule is OCCC(O)c1c(F)ccc(Cl)c1F. The van der Waals surface area contributed by atoms with E-state index in [2.05, 4.69) is 0 Å². The van der Waals surface area contributed by atoms with Gasteiger partial charge in [0.2, 0.25) is 0 Å². The zero-order chi connectivity index (χ0) is 10.7. The fraction of sp³-hybridized carbons (Fsp3) is 0.333. The van der Waals surface area contributed by atoms with Crippen LogP contribution in [0.2, 0.25) is 5.02 Å². The molecule has 0 fully saturated rings. The molecular formula is C9H9ClF2O2. The van der Waals surface area contributed by atoms with Crippen molar-refractivity contribution >= 4 is 11.6 Å². The highest BCUT2D eigenvalue weighted by atomic mass is 35.5. The van der Waals surface area contributed by atoms with Crippen LogP contribution in [0, 0.1) is 11.6 Å². The van der Waals surface area contributed by atoms with Crippen LogP contribution in [-0.4, -0.2) is 16.8 Å². The van der Waals surface area contributed by atoms with Crippen molar-refractivity contribution in [3.8, 4) is 0 Å². The van der Waals surface area contributed by atoms with Gasteiger partial charge in [0.15, 0.2) is 5.82 Å². The molecule has 1 atom stereocenters. The molecule has 0 heterocycles. The average Bonchev–Trinajstić information content (AvgIpc) is 2.13. The molecule has 1 aromatic rings. The van der Waals surface area contributed by atoms with Crippen molar-refractivity contribution < 1.29 is 19.0 Å². The maximum absolute atomic E-state index is 13.2. The minimum absolute atomic E-state index is 0.131. The second kappa shape index (κ2) is 4.68. The van der Waals surface area contributed by atoms with Gasteiger partial charge in [-0.1, -0.05) is 11.6 Å². The zero-order valence-corrected chi connectivity index (χ0v) is 7.93. The van der Waals surface area contributed by atoms with Gasteiger partial charge in [-0.2, -0.15) is 0 Å². The summed E-state index contributed by atoms with van der Waals surface area (Å²) < 4.78 is 26.3. The molecule has 0 aromatic heterocycles. The molecule has 0 aliphatic carbocycles. The van der Waals surface area contributed by atoms with Crippen molar-refractivity contribution in [3.63, 3.8) is 0 Å². The highest BCUT2D eigenvalue weighted by molar-refractivity contribution is 6.30. The largest absolute Gasteiger partial charge is 0.396 e. The van der Waals surface area contributed by atoms with Crippen molar-refractivity contribution in [1.29, 1.82) is 0 Å². The molecular weight excluding hydrogens is 214 g/mol. The second-order valence-corrected chi connectivity index (χ2v) is 3.19. The van der Waals surface area contributed by atoms with E-state index in [1.165, 1.54) is 0 Å². The van der Waals surface area contributed by atoms with E-state index in [4.69, 9.17) is 16.7 Å². The molecule has 5 heteroatoms. The fourth-order valence-corrected chi connectivity index (χ4v) is 1.28. The van der Waals surface area contributed by atoms with Crippen LogP contribution in [0.1, 0.15) is 18.1 Å². The molecule has 0 bridgehead atoms. The second-order valence-electron chi connectivity index (χ2n) is 2.78. The molecule has 78 valence electrons. The predicted molar refractivity (Wildman–Crippen MR) is 48.0 cm³/mol. The van der Waals surface area contributed by atoms with Gasteiger partial charge in [0.25, 0.3) is 0 Å². The Bertz CT molecular complexity index is 331. The smallest absolute Gasteiger partial charge is 0.150 e. The highest BCUT2D eigenvalue weighted by Crippen LogP contribution is 2.27. The van der Waals surface area contributed by atoms with E-state index in [9.17, 15) is 13.9 Å². The standard InChI is InChI=1S/C9H9ClF2O2/c10-5-1-2-6(11)8(9(5)12)7(14)3-4-13/h1-2,7,13-14H,3-4H2. The van der Waals surface area contributed by atoms with Crippen LogP contribution >= 0.6 is 11.6 Å². The number of hydrogen-bond donors (Lipinski definition) is 2. The maximum atomic E-state index is 13.2. The first-order valence-electron chi connectivity index (χ1n) is 4.00. The van der Waals surface area contributed by atoms with Crippen molar-refractivity contribution in [1.82, 2.24) is 0 Å². The molecule has 0 aliphatic rings. The van der Waals surface area contributed by atoms with Gasteiger partial charge in [0.1, 0.15) is 5.82 Å². The van der Waals surface area contributed by atoms with E-state index >= 15 is 0 Å². The lowest BCUT2D eigenvalue weighted by Gasteiger charge is -2.11. The summed E-state index contributed by atoms with van der Waals surface area (Å²) in [6.45, 7) is -0.355. The Morgan fingerprint density at radius 3 is 2.57 bits per heavy atom. The van der Waals surface area contributed by atoms with Crippen LogP contribution in [0.5, 0.6) is 0 Å². The summed E-state index contributed by atoms with van der Waals surface area (Å²) in [7, 11) is 0. The molecule has 0 amide bonds. The molecule has 14 heavy (non-hydrogen) atoms. The molecule has 1 rings (SSSR count). The third-order valence-electron chi connectivity index (χ3n) is 1.82. The van der Waals surface area contributed by atoms with Crippen molar-refractivity contribution in [2.45, 2.75) is 12.5 Å². The van der Waals surface area contributed by atoms with E-state index in [1.54, 1.807) is 0 Å². The van der Waals surface area contributed by atoms with Crippen LogP contribution in [0.4, 0.5) is 8.78 Å². The number of hydrogen-bond acceptors (Lipinski definition) is 2. The zero-order valence-electron chi connectivity index (χ0n) is 7.17. The van der Waals surface area contributed by atoms with Crippen LogP contribution < -0.4 is 0 Å². The lowest BCUT2D eigenvalue weighted by Crippen LogP contribution is -2.06. The molecule has 0 spiro atoms. The van der Waals surface area contributed by atoms with Gasteiger partial charge in [-0.3, -0.25) is 0 Å². The first-order chi connectivity index (χ1) is 6.57. The number of rotatable bonds is 3. The molecule has 2 N–H and O–H groups in total. The van der Waals surface area contributed by atoms with E-state index in [0.717, 1.165) is 12.1 Å². The summed E-state index contributed by atoms with van der Waals surface area (Å²) in [4.78, 5) is 0. The normalized spacial score (nSPS) is 12.9. The first kappa shape index (κ1) is 11.4. The first-order valence-corrected chi connectivity index (χ1v) is 4.38. The molecule has 0 saturated carbocycles. The van der Waals surface area contributed by atoms with E-state index in [0.29, 0.717) is 0 Å². The average molecular weight is 223 g/mol. The van der Waals surface area contributed by atoms with Crippen molar-refractivity contribution in [3.05, 3.63) is 34.4 Å². The Balaban J connectivity index is 3.11. The van der Waals surface area contributed by atoms with Gasteiger partial charge in [-0.25, -0.2) is 8.78 Å². The van der Waals surface area contributed by atoms with Gasteiger partial charge in [-0.05, 0) is 12.1 Å². The Hall–Kier alpha value is -0.710. The van der Waals surface area contributed by atoms with E-state index < -0.39 is 23.3 Å². The van der Waals surface area contributed by atoms with Crippen LogP contribution in [0.15, 0.2) is 12.1 Å². The van der Waals surface area contributed by atoms with E-state index in [1.807, 2.05) is 0 Å². The lowest BCUT2D eigenvalue weighted by atomic mass is 10.1. The van der Waals surface area contributed by atoms with Gasteiger partial charge in [0.05, 0.1) is 16.7 Å². The minimum atomic E-state index is -1.38. The third-order valence-corrected chi connectivity index (χ3v) is 2.11. The van der Waals surface area contributed by atoms with Gasteiger partial charge in [0, 0.05) is 13.0 Å². The summed E-state index contributed by atoms with van der Waals surface area (Å²) in [5.74, 6) is -1.85. The fourth-order valence-electron chi connectivity index (χ4n) is 1.11. The van der Waals surface area contributed by atoms with Crippen molar-refractivity contribution in [2.24, 2.45) is 0 Å². The Kier molecular flexibility index (Phi) is 3.80. The lowest BCUT2D eigenvalue weighted by molar-refractivity contribution is 0.127. The molecule has 0 saturated heterocycles. The molecule has 1 unspecified atom stereocenters. The summed E-state index contributed by atoms with van der Waals surface area (Å²) in [5.41, 5.74) is -0.494. The third kappa shape index (κ3) is 2.20. The summed E-state index contributed by atoms with van der Waals surface area (Å²) in [6.07, 6.45) is -1.51. The summed E-state index contributed by atoms with van der Waals surface area (Å²) in [6, 6.07) is 2.04. The van der Waals surface area contributed by atoms with Gasteiger partial charge < -0.3 is 10.2 Å². The molecule has 2 nitrogen and oxygen atoms in total. The summed E-state index contributed by atoms with van der Waals surface area (Å²) >= 11 is 5.41. The van der Waals surface area contributed by atoms with Crippen LogP contribution in [0.25, 0.3) is 0 Å². The molecule has 0 radical (unpaired) electrons. The molecule has 1 aromatic carbocycles. The number of benzene rings is 1. The molecule has 0 aliphatic heterocycles. The van der Waals surface area contributed by atoms with Gasteiger partial charge in [-0.15, -0.1) is 0 Å². The quantitative estimate of drug-likeness (QED) is 0.769. The van der Waals surface area contributed by atoms with Crippen molar-refractivity contribution in [2.75, 3.05) is 6.61 Å². The van der Waals surface area contributed by atoms with Gasteiger partial charge >= 0.3 is 0 Å². The highest BCUT2D eigenvalue weighted by Gasteiger charge is 2.19. The minimum Gasteiger partial charge on any atom is -0.396 e. The Labute approximate surface area is 84.7 Å².